The van der Waals surface area contributed by atoms with Crippen molar-refractivity contribution in [3.8, 4) is 0 Å². The van der Waals surface area contributed by atoms with Crippen molar-refractivity contribution >= 4 is 18.0 Å². The fourth-order valence-corrected chi connectivity index (χ4v) is 2.22. The van der Waals surface area contributed by atoms with Gasteiger partial charge in [0.05, 0.1) is 5.92 Å². The predicted octanol–water partition coefficient (Wildman–Crippen LogP) is 2.64. The van der Waals surface area contributed by atoms with Crippen LogP contribution in [0.2, 0.25) is 0 Å². The fourth-order valence-electron chi connectivity index (χ4n) is 2.22. The number of furan rings is 1. The van der Waals surface area contributed by atoms with E-state index in [0.29, 0.717) is 24.0 Å². The summed E-state index contributed by atoms with van der Waals surface area (Å²) in [5, 5.41) is 11.5. The van der Waals surface area contributed by atoms with Crippen LogP contribution in [-0.4, -0.2) is 23.5 Å². The second kappa shape index (κ2) is 6.61. The minimum absolute atomic E-state index is 0.137. The van der Waals surface area contributed by atoms with Gasteiger partial charge < -0.3 is 14.8 Å². The molecular formula is C16H21NO4. The molecule has 0 spiro atoms. The molecule has 3 atom stereocenters. The zero-order chi connectivity index (χ0) is 15.4. The molecule has 1 heterocycles. The summed E-state index contributed by atoms with van der Waals surface area (Å²) in [4.78, 5) is 22.5. The Labute approximate surface area is 124 Å². The van der Waals surface area contributed by atoms with Gasteiger partial charge in [-0.05, 0) is 37.0 Å². The molecule has 5 nitrogen and oxygen atoms in total. The summed E-state index contributed by atoms with van der Waals surface area (Å²) in [5.74, 6) is 1.06. The minimum atomic E-state index is -0.893. The average Bonchev–Trinajstić information content (AvgIpc) is 3.00. The van der Waals surface area contributed by atoms with Gasteiger partial charge in [0.1, 0.15) is 11.5 Å². The van der Waals surface area contributed by atoms with Crippen LogP contribution in [0.3, 0.4) is 0 Å². The highest BCUT2D eigenvalue weighted by atomic mass is 16.4. The van der Waals surface area contributed by atoms with E-state index in [9.17, 15) is 9.59 Å². The summed E-state index contributed by atoms with van der Waals surface area (Å²) >= 11 is 0. The van der Waals surface area contributed by atoms with Crippen LogP contribution >= 0.6 is 0 Å². The topological polar surface area (TPSA) is 79.5 Å². The normalized spacial score (nSPS) is 22.2. The first-order valence-electron chi connectivity index (χ1n) is 7.29. The maximum Gasteiger partial charge on any atom is 0.308 e. The third-order valence-corrected chi connectivity index (χ3v) is 3.89. The van der Waals surface area contributed by atoms with Gasteiger partial charge in [0.25, 0.3) is 0 Å². The molecule has 2 N–H and O–H groups in total. The quantitative estimate of drug-likeness (QED) is 0.757. The van der Waals surface area contributed by atoms with Crippen LogP contribution in [0.15, 0.2) is 22.6 Å². The summed E-state index contributed by atoms with van der Waals surface area (Å²) in [7, 11) is 0. The average molecular weight is 291 g/mol. The number of nitrogens with one attached hydrogen (secondary N) is 1. The van der Waals surface area contributed by atoms with Gasteiger partial charge in [0.2, 0.25) is 5.91 Å². The molecular weight excluding hydrogens is 270 g/mol. The first-order valence-corrected chi connectivity index (χ1v) is 7.29. The van der Waals surface area contributed by atoms with Crippen LogP contribution in [0.4, 0.5) is 0 Å². The van der Waals surface area contributed by atoms with E-state index >= 15 is 0 Å². The van der Waals surface area contributed by atoms with Crippen LogP contribution in [0, 0.1) is 11.8 Å². The van der Waals surface area contributed by atoms with E-state index in [-0.39, 0.29) is 12.5 Å². The second-order valence-electron chi connectivity index (χ2n) is 5.58. The zero-order valence-corrected chi connectivity index (χ0v) is 12.3. The molecule has 1 aromatic heterocycles. The Kier molecular flexibility index (Phi) is 4.83. The maximum absolute atomic E-state index is 11.6. The molecule has 1 fully saturated rings. The van der Waals surface area contributed by atoms with E-state index in [2.05, 4.69) is 12.2 Å². The van der Waals surface area contributed by atoms with Gasteiger partial charge in [0, 0.05) is 18.5 Å². The maximum atomic E-state index is 11.6. The monoisotopic (exact) mass is 291 g/mol. The number of hydrogen-bond acceptors (Lipinski definition) is 3. The molecule has 0 saturated heterocycles. The van der Waals surface area contributed by atoms with Crippen molar-refractivity contribution in [2.75, 3.05) is 6.54 Å². The Balaban J connectivity index is 1.81. The molecule has 5 heteroatoms. The predicted molar refractivity (Wildman–Crippen MR) is 78.7 cm³/mol. The van der Waals surface area contributed by atoms with E-state index in [4.69, 9.17) is 9.52 Å². The SMILES string of the molecule is CCC(CNC(=O)C=Cc1ccc(C2CC2C)o1)C(=O)O. The van der Waals surface area contributed by atoms with Gasteiger partial charge in [-0.25, -0.2) is 0 Å². The van der Waals surface area contributed by atoms with Crippen LogP contribution in [0.25, 0.3) is 6.08 Å². The molecule has 1 aromatic rings. The number of amides is 1. The van der Waals surface area contributed by atoms with E-state index in [0.717, 1.165) is 12.2 Å². The third-order valence-electron chi connectivity index (χ3n) is 3.89. The molecule has 114 valence electrons. The lowest BCUT2D eigenvalue weighted by molar-refractivity contribution is -0.141. The Morgan fingerprint density at radius 3 is 2.81 bits per heavy atom. The summed E-state index contributed by atoms with van der Waals surface area (Å²) in [6.45, 7) is 4.10. The van der Waals surface area contributed by atoms with Gasteiger partial charge in [-0.15, -0.1) is 0 Å². The summed E-state index contributed by atoms with van der Waals surface area (Å²) < 4.78 is 5.65. The highest BCUT2D eigenvalue weighted by Crippen LogP contribution is 2.47. The fraction of sp³-hybridized carbons (Fsp3) is 0.500. The molecule has 1 aliphatic rings. The number of carboxylic acid groups (broad SMARTS) is 1. The van der Waals surface area contributed by atoms with Crippen molar-refractivity contribution in [2.24, 2.45) is 11.8 Å². The van der Waals surface area contributed by atoms with Crippen LogP contribution in [0.5, 0.6) is 0 Å². The Bertz CT molecular complexity index is 546. The van der Waals surface area contributed by atoms with Gasteiger partial charge in [-0.2, -0.15) is 0 Å². The number of aliphatic carboxylic acids is 1. The first-order chi connectivity index (χ1) is 10.0. The minimum Gasteiger partial charge on any atom is -0.481 e. The van der Waals surface area contributed by atoms with Crippen molar-refractivity contribution in [3.63, 3.8) is 0 Å². The Morgan fingerprint density at radius 2 is 2.24 bits per heavy atom. The molecule has 1 saturated carbocycles. The zero-order valence-electron chi connectivity index (χ0n) is 12.3. The van der Waals surface area contributed by atoms with E-state index in [1.807, 2.05) is 12.1 Å². The van der Waals surface area contributed by atoms with Gasteiger partial charge in [-0.1, -0.05) is 13.8 Å². The molecule has 0 aliphatic heterocycles. The number of carbonyl (C=O) groups excluding carboxylic acids is 1. The van der Waals surface area contributed by atoms with Crippen LogP contribution in [-0.2, 0) is 9.59 Å². The first kappa shape index (κ1) is 15.4. The van der Waals surface area contributed by atoms with Crippen molar-refractivity contribution in [3.05, 3.63) is 29.7 Å². The van der Waals surface area contributed by atoms with E-state index < -0.39 is 11.9 Å². The van der Waals surface area contributed by atoms with Gasteiger partial charge in [-0.3, -0.25) is 9.59 Å². The lowest BCUT2D eigenvalue weighted by atomic mass is 10.1. The van der Waals surface area contributed by atoms with E-state index in [1.54, 1.807) is 13.0 Å². The molecule has 0 radical (unpaired) electrons. The van der Waals surface area contributed by atoms with Crippen molar-refractivity contribution < 1.29 is 19.1 Å². The third kappa shape index (κ3) is 4.21. The molecule has 2 rings (SSSR count). The lowest BCUT2D eigenvalue weighted by Gasteiger charge is -2.09. The second-order valence-corrected chi connectivity index (χ2v) is 5.58. The standard InChI is InChI=1S/C16H21NO4/c1-3-11(16(19)20)9-17-15(18)7-5-12-4-6-14(21-12)13-8-10(13)2/h4-7,10-11,13H,3,8-9H2,1-2H3,(H,17,18)(H,19,20). The largest absolute Gasteiger partial charge is 0.481 e. The van der Waals surface area contributed by atoms with Crippen LogP contribution in [0.1, 0.15) is 44.1 Å². The molecule has 1 aliphatic carbocycles. The van der Waals surface area contributed by atoms with Crippen LogP contribution < -0.4 is 5.32 Å². The molecule has 0 bridgehead atoms. The highest BCUT2D eigenvalue weighted by molar-refractivity contribution is 5.91. The number of carbonyl (C=O) groups is 2. The number of hydrogen-bond donors (Lipinski definition) is 2. The number of rotatable bonds is 7. The Morgan fingerprint density at radius 1 is 1.52 bits per heavy atom. The smallest absolute Gasteiger partial charge is 0.308 e. The van der Waals surface area contributed by atoms with Crippen molar-refractivity contribution in [1.82, 2.24) is 5.32 Å². The van der Waals surface area contributed by atoms with Gasteiger partial charge >= 0.3 is 5.97 Å². The molecule has 3 unspecified atom stereocenters. The highest BCUT2D eigenvalue weighted by Gasteiger charge is 2.36. The number of carboxylic acids is 1. The summed E-state index contributed by atoms with van der Waals surface area (Å²) in [6.07, 6.45) is 4.62. The molecule has 0 aromatic carbocycles. The molecule has 21 heavy (non-hydrogen) atoms. The molecule has 1 amide bonds. The summed E-state index contributed by atoms with van der Waals surface area (Å²) in [5.41, 5.74) is 0. The van der Waals surface area contributed by atoms with Crippen molar-refractivity contribution in [2.45, 2.75) is 32.6 Å². The Hall–Kier alpha value is -2.04. The lowest BCUT2D eigenvalue weighted by Crippen LogP contribution is -2.31. The summed E-state index contributed by atoms with van der Waals surface area (Å²) in [6, 6.07) is 3.79. The van der Waals surface area contributed by atoms with Gasteiger partial charge in [0.15, 0.2) is 0 Å². The van der Waals surface area contributed by atoms with E-state index in [1.165, 1.54) is 6.08 Å². The van der Waals surface area contributed by atoms with Crippen molar-refractivity contribution in [1.29, 1.82) is 0 Å².